The Morgan fingerprint density at radius 1 is 0.915 bits per heavy atom. The predicted molar refractivity (Wildman–Crippen MR) is 177 cm³/mol. The molecule has 1 amide bonds. The fourth-order valence-corrected chi connectivity index (χ4v) is 6.20. The topological polar surface area (TPSA) is 138 Å². The second kappa shape index (κ2) is 14.9. The van der Waals surface area contributed by atoms with Crippen molar-refractivity contribution in [2.75, 3.05) is 25.0 Å². The zero-order valence-corrected chi connectivity index (χ0v) is 27.1. The smallest absolute Gasteiger partial charge is 0.498 e. The van der Waals surface area contributed by atoms with Gasteiger partial charge < -0.3 is 24.6 Å². The van der Waals surface area contributed by atoms with E-state index in [0.717, 1.165) is 11.3 Å². The number of carbonyl (C=O) groups excluding carboxylic acids is 4. The minimum atomic E-state index is -1.31. The molecule has 1 aromatic heterocycles. The van der Waals surface area contributed by atoms with Crippen molar-refractivity contribution in [1.82, 2.24) is 15.2 Å². The first-order valence-corrected chi connectivity index (χ1v) is 16.0. The highest BCUT2D eigenvalue weighted by molar-refractivity contribution is 6.51. The van der Waals surface area contributed by atoms with Crippen LogP contribution >= 0.6 is 0 Å². The summed E-state index contributed by atoms with van der Waals surface area (Å²) in [6.07, 6.45) is -1.06. The summed E-state index contributed by atoms with van der Waals surface area (Å²) in [5.41, 5.74) is 2.38. The van der Waals surface area contributed by atoms with Crippen molar-refractivity contribution < 1.29 is 33.6 Å². The molecule has 0 spiro atoms. The van der Waals surface area contributed by atoms with Gasteiger partial charge in [-0.05, 0) is 50.6 Å². The zero-order valence-electron chi connectivity index (χ0n) is 27.1. The number of aliphatic hydroxyl groups is 1. The number of benzene rings is 2. The van der Waals surface area contributed by atoms with Gasteiger partial charge in [0, 0.05) is 36.6 Å². The van der Waals surface area contributed by atoms with Gasteiger partial charge in [-0.15, -0.1) is 0 Å². The van der Waals surface area contributed by atoms with Crippen LogP contribution in [0.5, 0.6) is 0 Å². The van der Waals surface area contributed by atoms with Crippen LogP contribution in [0.15, 0.2) is 78.9 Å². The van der Waals surface area contributed by atoms with Gasteiger partial charge in [-0.25, -0.2) is 4.98 Å². The Hall–Kier alpha value is -4.55. The van der Waals surface area contributed by atoms with Crippen LogP contribution in [0.4, 0.5) is 5.69 Å². The van der Waals surface area contributed by atoms with E-state index < -0.39 is 60.8 Å². The molecule has 2 N–H and O–H groups in total. The third-order valence-electron chi connectivity index (χ3n) is 8.69. The molecule has 2 aliphatic heterocycles. The summed E-state index contributed by atoms with van der Waals surface area (Å²) in [6.45, 7) is 5.95. The molecule has 5 rings (SSSR count). The van der Waals surface area contributed by atoms with Crippen molar-refractivity contribution in [1.29, 1.82) is 0 Å². The number of Topliss-reactive ketones (excluding diaryl/α,β-unsaturated/α-hetero) is 1. The molecular weight excluding hydrogens is 599 g/mol. The van der Waals surface area contributed by atoms with Gasteiger partial charge in [-0.1, -0.05) is 68.4 Å². The minimum Gasteiger partial charge on any atom is -0.498 e. The number of fused-ring (bicyclic) bond motifs is 2. The van der Waals surface area contributed by atoms with Gasteiger partial charge in [-0.2, -0.15) is 0 Å². The van der Waals surface area contributed by atoms with E-state index in [2.05, 4.69) is 10.3 Å². The molecule has 0 radical (unpaired) electrons. The van der Waals surface area contributed by atoms with E-state index in [-0.39, 0.29) is 18.0 Å². The van der Waals surface area contributed by atoms with Crippen molar-refractivity contribution in [3.8, 4) is 11.3 Å². The number of nitrogens with one attached hydrogen (secondary N) is 1. The molecule has 0 saturated carbocycles. The van der Waals surface area contributed by atoms with Gasteiger partial charge >= 0.3 is 19.1 Å². The maximum absolute atomic E-state index is 13.7. The lowest BCUT2D eigenvalue weighted by Gasteiger charge is -2.45. The molecular formula is C35H41BN4O7. The number of likely N-dealkylation sites (N-methyl/N-ethyl adjacent to an activating group) is 1. The van der Waals surface area contributed by atoms with Crippen LogP contribution < -0.4 is 10.2 Å². The first kappa shape index (κ1) is 33.8. The van der Waals surface area contributed by atoms with Gasteiger partial charge in [0.1, 0.15) is 23.8 Å². The molecule has 2 bridgehead atoms. The van der Waals surface area contributed by atoms with Gasteiger partial charge in [0.2, 0.25) is 0 Å². The number of hydrogen-bond acceptors (Lipinski definition) is 10. The molecule has 2 aliphatic rings. The molecule has 12 heteroatoms. The number of amides is 1. The number of anilines is 1. The van der Waals surface area contributed by atoms with Gasteiger partial charge in [0.25, 0.3) is 5.91 Å². The summed E-state index contributed by atoms with van der Waals surface area (Å²) in [6, 6.07) is 21.2. The van der Waals surface area contributed by atoms with E-state index in [0.29, 0.717) is 25.2 Å². The molecule has 11 nitrogen and oxygen atoms in total. The number of rotatable bonds is 11. The van der Waals surface area contributed by atoms with Crippen molar-refractivity contribution in [3.63, 3.8) is 0 Å². The van der Waals surface area contributed by atoms with Crippen LogP contribution in [-0.2, 0) is 23.7 Å². The summed E-state index contributed by atoms with van der Waals surface area (Å²) in [5, 5.41) is 13.2. The van der Waals surface area contributed by atoms with Crippen LogP contribution in [0.25, 0.3) is 11.3 Å². The number of aromatic nitrogens is 1. The Bertz CT molecular complexity index is 1540. The average Bonchev–Trinajstić information content (AvgIpc) is 3.06. The van der Waals surface area contributed by atoms with Crippen molar-refractivity contribution in [3.05, 3.63) is 84.6 Å². The summed E-state index contributed by atoms with van der Waals surface area (Å²) >= 11 is 0. The molecule has 2 saturated heterocycles. The highest BCUT2D eigenvalue weighted by Crippen LogP contribution is 2.32. The Labute approximate surface area is 275 Å². The molecule has 0 aliphatic carbocycles. The number of carbonyl (C=O) groups is 4. The second-order valence-corrected chi connectivity index (χ2v) is 12.7. The quantitative estimate of drug-likeness (QED) is 0.300. The molecule has 3 heterocycles. The number of ketones is 1. The Morgan fingerprint density at radius 3 is 2.09 bits per heavy atom. The number of pyridine rings is 1. The SMILES string of the molecule is CC(C)C[C@H](CC(=O)[C@@H](NC(=O)c1cccc(-c2ccccc2)n1)[C@@H](C)O)B1OC(=O)[C@@H]2CN(c3ccccc3)C[C@@H](C(=O)O1)N2C. The van der Waals surface area contributed by atoms with Crippen molar-refractivity contribution >= 4 is 36.4 Å². The lowest BCUT2D eigenvalue weighted by molar-refractivity contribution is -0.155. The van der Waals surface area contributed by atoms with E-state index in [9.17, 15) is 24.3 Å². The number of nitrogens with zero attached hydrogens (tertiary/aromatic N) is 3. The summed E-state index contributed by atoms with van der Waals surface area (Å²) in [4.78, 5) is 62.2. The van der Waals surface area contributed by atoms with Crippen molar-refractivity contribution in [2.24, 2.45) is 5.92 Å². The summed E-state index contributed by atoms with van der Waals surface area (Å²) in [7, 11) is 0.397. The largest absolute Gasteiger partial charge is 0.602 e. The first-order chi connectivity index (χ1) is 22.5. The zero-order chi connectivity index (χ0) is 33.7. The second-order valence-electron chi connectivity index (χ2n) is 12.7. The normalized spacial score (nSPS) is 20.4. The molecule has 47 heavy (non-hydrogen) atoms. The summed E-state index contributed by atoms with van der Waals surface area (Å²) < 4.78 is 11.7. The van der Waals surface area contributed by atoms with Gasteiger partial charge in [0.05, 0.1) is 11.8 Å². The van der Waals surface area contributed by atoms with Gasteiger partial charge in [0.15, 0.2) is 5.78 Å². The Kier molecular flexibility index (Phi) is 10.7. The number of piperazine rings is 1. The van der Waals surface area contributed by atoms with E-state index in [4.69, 9.17) is 9.31 Å². The van der Waals surface area contributed by atoms with Crippen LogP contribution in [0.2, 0.25) is 5.82 Å². The monoisotopic (exact) mass is 640 g/mol. The molecule has 2 fully saturated rings. The van der Waals surface area contributed by atoms with E-state index in [1.807, 2.05) is 79.4 Å². The van der Waals surface area contributed by atoms with Gasteiger partial charge in [-0.3, -0.25) is 24.1 Å². The fourth-order valence-electron chi connectivity index (χ4n) is 6.20. The molecule has 3 aromatic rings. The predicted octanol–water partition coefficient (Wildman–Crippen LogP) is 3.38. The van der Waals surface area contributed by atoms with Crippen LogP contribution in [0.3, 0.4) is 0 Å². The number of para-hydroxylation sites is 1. The number of hydrogen-bond donors (Lipinski definition) is 2. The minimum absolute atomic E-state index is 0.0518. The molecule has 2 aromatic carbocycles. The summed E-state index contributed by atoms with van der Waals surface area (Å²) in [5.74, 6) is -2.87. The number of aliphatic hydroxyl groups excluding tert-OH is 1. The van der Waals surface area contributed by atoms with E-state index in [1.54, 1.807) is 24.1 Å². The highest BCUT2D eigenvalue weighted by Gasteiger charge is 2.50. The van der Waals surface area contributed by atoms with Crippen LogP contribution in [-0.4, -0.2) is 90.1 Å². The van der Waals surface area contributed by atoms with E-state index in [1.165, 1.54) is 13.0 Å². The molecule has 246 valence electrons. The standard InChI is InChI=1S/C35H41BN4O7/c1-22(2)18-25(36-46-34(44)29-20-40(26-14-9-6-10-15-26)21-30(39(29)4)35(45)47-36)19-31(42)32(23(3)41)38-33(43)28-17-11-16-27(37-28)24-12-7-5-8-13-24/h5-17,22-23,25,29-30,32,41H,18-21H2,1-4H3,(H,38,43)/t23-,25-,29+,30+,32+/m1/s1. The van der Waals surface area contributed by atoms with E-state index >= 15 is 0 Å². The third kappa shape index (κ3) is 8.06. The Balaban J connectivity index is 1.32. The van der Waals surface area contributed by atoms with Crippen LogP contribution in [0.1, 0.15) is 44.1 Å². The fraction of sp³-hybridized carbons (Fsp3) is 0.400. The van der Waals surface area contributed by atoms with Crippen LogP contribution in [0, 0.1) is 5.92 Å². The molecule has 5 atom stereocenters. The van der Waals surface area contributed by atoms with Crippen molar-refractivity contribution in [2.45, 2.75) is 63.7 Å². The highest BCUT2D eigenvalue weighted by atomic mass is 16.6. The Morgan fingerprint density at radius 2 is 1.51 bits per heavy atom. The molecule has 0 unspecified atom stereocenters. The first-order valence-electron chi connectivity index (χ1n) is 16.0. The third-order valence-corrected chi connectivity index (χ3v) is 8.69. The average molecular weight is 641 g/mol. The maximum Gasteiger partial charge on any atom is 0.602 e. The lowest BCUT2D eigenvalue weighted by atomic mass is 9.64. The lowest BCUT2D eigenvalue weighted by Crippen LogP contribution is -2.65. The maximum atomic E-state index is 13.7.